The third kappa shape index (κ3) is 12.1. The first-order valence-electron chi connectivity index (χ1n) is 14.6. The zero-order chi connectivity index (χ0) is 33.3. The predicted molar refractivity (Wildman–Crippen MR) is 172 cm³/mol. The van der Waals surface area contributed by atoms with E-state index in [0.717, 1.165) is 41.4 Å². The van der Waals surface area contributed by atoms with Crippen LogP contribution in [-0.2, 0) is 47.0 Å². The molecule has 2 aromatic carbocycles. The number of aliphatic carboxylic acids is 2. The van der Waals surface area contributed by atoms with Gasteiger partial charge in [0.2, 0.25) is 0 Å². The van der Waals surface area contributed by atoms with Crippen LogP contribution in [0.3, 0.4) is 0 Å². The van der Waals surface area contributed by atoms with Crippen molar-refractivity contribution in [3.63, 3.8) is 0 Å². The molecule has 46 heavy (non-hydrogen) atoms. The molecule has 0 aliphatic heterocycles. The van der Waals surface area contributed by atoms with E-state index in [1.54, 1.807) is 24.5 Å². The van der Waals surface area contributed by atoms with Crippen LogP contribution in [0.25, 0.3) is 0 Å². The van der Waals surface area contributed by atoms with Crippen molar-refractivity contribution in [1.82, 2.24) is 19.9 Å². The first kappa shape index (κ1) is 34.8. The van der Waals surface area contributed by atoms with Crippen molar-refractivity contribution in [3.8, 4) is 0 Å². The second-order valence-electron chi connectivity index (χ2n) is 10.2. The number of carboxylic acid groups (broad SMARTS) is 2. The number of anilines is 2. The molecule has 4 aromatic rings. The molecule has 4 rings (SSSR count). The molecule has 0 aliphatic carbocycles. The van der Waals surface area contributed by atoms with Gasteiger partial charge in [0, 0.05) is 38.0 Å². The van der Waals surface area contributed by atoms with Gasteiger partial charge in [0.05, 0.1) is 6.54 Å². The van der Waals surface area contributed by atoms with Gasteiger partial charge in [0.25, 0.3) is 5.97 Å². The molecule has 0 radical (unpaired) electrons. The highest BCUT2D eigenvalue weighted by Crippen LogP contribution is 2.15. The summed E-state index contributed by atoms with van der Waals surface area (Å²) >= 11 is 0. The Kier molecular flexibility index (Phi) is 13.7. The average molecular weight is 631 g/mol. The number of carbonyl (C=O) groups is 3. The molecule has 0 spiro atoms. The van der Waals surface area contributed by atoms with E-state index in [4.69, 9.17) is 14.6 Å². The molecule has 0 aliphatic rings. The van der Waals surface area contributed by atoms with Gasteiger partial charge in [-0.15, -0.1) is 0 Å². The Balaban J connectivity index is 0.00000136. The van der Waals surface area contributed by atoms with E-state index in [9.17, 15) is 19.5 Å². The number of amides is 1. The zero-order valence-electron chi connectivity index (χ0n) is 25.7. The van der Waals surface area contributed by atoms with Gasteiger partial charge in [-0.1, -0.05) is 74.0 Å². The minimum Gasteiger partial charge on any atom is -0.481 e. The number of nitrogens with zero attached hydrogens (tertiary/aromatic N) is 3. The fraction of sp³-hybridized carbons (Fsp3) is 0.273. The van der Waals surface area contributed by atoms with Crippen LogP contribution < -0.4 is 21.6 Å². The summed E-state index contributed by atoms with van der Waals surface area (Å²) in [5.41, 5.74) is 3.01. The summed E-state index contributed by atoms with van der Waals surface area (Å²) in [6.45, 7) is 3.87. The number of alkyl carbamates (subject to hydrolysis) is 1. The lowest BCUT2D eigenvalue weighted by Crippen LogP contribution is -2.45. The lowest BCUT2D eigenvalue weighted by Gasteiger charge is -2.18. The third-order valence-corrected chi connectivity index (χ3v) is 6.39. The Hall–Kier alpha value is -5.72. The molecular weight excluding hydrogens is 592 g/mol. The maximum Gasteiger partial charge on any atom is 0.408 e. The van der Waals surface area contributed by atoms with Crippen molar-refractivity contribution >= 4 is 29.7 Å². The molecule has 0 bridgehead atoms. The lowest BCUT2D eigenvalue weighted by atomic mass is 10.1. The molecular formula is C33H38N6O7. The number of hydrogen-bond donors (Lipinski definition) is 5. The molecule has 242 valence electrons. The first-order valence-corrected chi connectivity index (χ1v) is 14.6. The van der Waals surface area contributed by atoms with Crippen LogP contribution in [0, 0.1) is 0 Å². The number of aromatic nitrogens is 3. The Labute approximate surface area is 266 Å². The molecule has 0 saturated heterocycles. The number of carboxylic acids is 2. The summed E-state index contributed by atoms with van der Waals surface area (Å²) in [4.78, 5) is 54.4. The smallest absolute Gasteiger partial charge is 0.408 e. The van der Waals surface area contributed by atoms with Gasteiger partial charge in [-0.3, -0.25) is 9.36 Å². The zero-order valence-corrected chi connectivity index (χ0v) is 25.7. The number of ether oxygens (including phenoxy) is 1. The number of nitrogens with one attached hydrogen (secondary N) is 3. The molecule has 0 fully saturated rings. The van der Waals surface area contributed by atoms with Crippen LogP contribution in [0.4, 0.5) is 16.4 Å². The van der Waals surface area contributed by atoms with Crippen molar-refractivity contribution in [2.75, 3.05) is 10.6 Å². The second-order valence-corrected chi connectivity index (χ2v) is 10.2. The molecule has 2 aromatic heterocycles. The molecule has 13 nitrogen and oxygen atoms in total. The summed E-state index contributed by atoms with van der Waals surface area (Å²) in [5.74, 6) is -0.876. The maximum absolute atomic E-state index is 12.9. The lowest BCUT2D eigenvalue weighted by molar-refractivity contribution is -0.139. The van der Waals surface area contributed by atoms with E-state index >= 15 is 0 Å². The SMILES string of the molecule is CC(=O)O.CCCc1cn(C[C@H](NC(=O)OCc2ccccc2)C(=O)O)c(=O)nc1NCc1ccc(CNc2ccccn2)cc1. The minimum absolute atomic E-state index is 0.00762. The van der Waals surface area contributed by atoms with E-state index in [-0.39, 0.29) is 13.2 Å². The molecule has 13 heteroatoms. The third-order valence-electron chi connectivity index (χ3n) is 6.39. The standard InChI is InChI=1S/C31H34N6O5.C2H4O2/c1-2-8-25-19-37(20-26(29(38)39)35-31(41)42-21-24-9-4-3-5-10-24)30(40)36-28(25)34-18-23-14-12-22(13-15-23)17-33-27-11-6-7-16-32-27;1-2(3)4/h3-7,9-16,19,26H,2,8,17-18,20-21H2,1H3,(H,32,33)(H,35,41)(H,38,39)(H,34,36,40);1H3,(H,3,4)/t26-;/m0./s1. The Morgan fingerprint density at radius 1 is 0.891 bits per heavy atom. The molecule has 5 N–H and O–H groups in total. The Bertz CT molecular complexity index is 1610. The minimum atomic E-state index is -1.38. The number of pyridine rings is 1. The topological polar surface area (TPSA) is 185 Å². The molecule has 2 heterocycles. The van der Waals surface area contributed by atoms with E-state index in [2.05, 4.69) is 25.9 Å². The van der Waals surface area contributed by atoms with Crippen molar-refractivity contribution in [2.24, 2.45) is 0 Å². The Morgan fingerprint density at radius 3 is 2.11 bits per heavy atom. The van der Waals surface area contributed by atoms with Crippen molar-refractivity contribution in [2.45, 2.75) is 59.0 Å². The summed E-state index contributed by atoms with van der Waals surface area (Å²) < 4.78 is 6.34. The van der Waals surface area contributed by atoms with Crippen molar-refractivity contribution in [3.05, 3.63) is 118 Å². The van der Waals surface area contributed by atoms with Crippen LogP contribution in [0.15, 0.2) is 90.0 Å². The number of carbonyl (C=O) groups excluding carboxylic acids is 1. The summed E-state index contributed by atoms with van der Waals surface area (Å²) in [5, 5.41) is 25.9. The van der Waals surface area contributed by atoms with Crippen molar-refractivity contribution < 1.29 is 29.3 Å². The molecule has 0 saturated carbocycles. The van der Waals surface area contributed by atoms with Crippen LogP contribution in [0.2, 0.25) is 0 Å². The van der Waals surface area contributed by atoms with E-state index in [1.807, 2.05) is 67.6 Å². The van der Waals surface area contributed by atoms with Crippen molar-refractivity contribution in [1.29, 1.82) is 0 Å². The number of benzene rings is 2. The fourth-order valence-electron chi connectivity index (χ4n) is 4.18. The van der Waals surface area contributed by atoms with E-state index < -0.39 is 29.8 Å². The maximum atomic E-state index is 12.9. The number of rotatable bonds is 14. The van der Waals surface area contributed by atoms with Crippen LogP contribution in [0.5, 0.6) is 0 Å². The Morgan fingerprint density at radius 2 is 1.52 bits per heavy atom. The normalized spacial score (nSPS) is 10.9. The highest BCUT2D eigenvalue weighted by atomic mass is 16.5. The highest BCUT2D eigenvalue weighted by Gasteiger charge is 2.23. The van der Waals surface area contributed by atoms with E-state index in [0.29, 0.717) is 25.3 Å². The molecule has 1 amide bonds. The molecule has 1 atom stereocenters. The van der Waals surface area contributed by atoms with Gasteiger partial charge in [-0.05, 0) is 35.2 Å². The monoisotopic (exact) mass is 630 g/mol. The first-order chi connectivity index (χ1) is 22.1. The van der Waals surface area contributed by atoms with Gasteiger partial charge in [-0.25, -0.2) is 19.4 Å². The number of aryl methyl sites for hydroxylation is 1. The molecule has 0 unspecified atom stereocenters. The van der Waals surface area contributed by atoms with Gasteiger partial charge in [0.1, 0.15) is 24.3 Å². The second kappa shape index (κ2) is 18.2. The summed E-state index contributed by atoms with van der Waals surface area (Å²) in [6.07, 6.45) is 3.86. The van der Waals surface area contributed by atoms with Crippen LogP contribution in [0.1, 0.15) is 42.5 Å². The predicted octanol–water partition coefficient (Wildman–Crippen LogP) is 4.29. The van der Waals surface area contributed by atoms with Gasteiger partial charge in [0.15, 0.2) is 0 Å². The summed E-state index contributed by atoms with van der Waals surface area (Å²) in [6, 6.07) is 21.4. The van der Waals surface area contributed by atoms with Crippen LogP contribution in [-0.4, -0.2) is 48.8 Å². The van der Waals surface area contributed by atoms with Gasteiger partial charge < -0.3 is 30.9 Å². The van der Waals surface area contributed by atoms with Crippen LogP contribution >= 0.6 is 0 Å². The quantitative estimate of drug-likeness (QED) is 0.134. The highest BCUT2D eigenvalue weighted by molar-refractivity contribution is 5.79. The van der Waals surface area contributed by atoms with E-state index in [1.165, 1.54) is 4.57 Å². The average Bonchev–Trinajstić information content (AvgIpc) is 3.04. The number of hydrogen-bond acceptors (Lipinski definition) is 9. The fourth-order valence-corrected chi connectivity index (χ4v) is 4.18. The summed E-state index contributed by atoms with van der Waals surface area (Å²) in [7, 11) is 0. The largest absolute Gasteiger partial charge is 0.481 e. The van der Waals surface area contributed by atoms with Gasteiger partial charge >= 0.3 is 17.8 Å². The van der Waals surface area contributed by atoms with Gasteiger partial charge in [-0.2, -0.15) is 4.98 Å².